The van der Waals surface area contributed by atoms with E-state index in [9.17, 15) is 4.39 Å². The van der Waals surface area contributed by atoms with Gasteiger partial charge in [-0.3, -0.25) is 0 Å². The van der Waals surface area contributed by atoms with Crippen molar-refractivity contribution in [3.8, 4) is 11.5 Å². The van der Waals surface area contributed by atoms with Crippen molar-refractivity contribution < 1.29 is 13.9 Å². The van der Waals surface area contributed by atoms with Gasteiger partial charge in [0.2, 0.25) is 0 Å². The van der Waals surface area contributed by atoms with Crippen molar-refractivity contribution in [1.29, 1.82) is 0 Å². The molecule has 126 valence electrons. The summed E-state index contributed by atoms with van der Waals surface area (Å²) in [5, 5.41) is 3.74. The molecular formula is C17H20Cl2FNO2. The summed E-state index contributed by atoms with van der Waals surface area (Å²) in [7, 11) is 3.18. The van der Waals surface area contributed by atoms with E-state index in [1.165, 1.54) is 6.07 Å². The second-order valence-electron chi connectivity index (χ2n) is 4.82. The Bertz CT molecular complexity index is 638. The lowest BCUT2D eigenvalue weighted by Gasteiger charge is -2.12. The van der Waals surface area contributed by atoms with Gasteiger partial charge in [0.05, 0.1) is 19.2 Å². The fourth-order valence-corrected chi connectivity index (χ4v) is 2.44. The fourth-order valence-electron chi connectivity index (χ4n) is 2.21. The molecule has 0 amide bonds. The average molecular weight is 360 g/mol. The Balaban J connectivity index is 0.00000264. The van der Waals surface area contributed by atoms with Crippen LogP contribution in [0.2, 0.25) is 5.02 Å². The number of hydrogen-bond donors (Lipinski definition) is 1. The molecule has 0 atom stereocenters. The van der Waals surface area contributed by atoms with Gasteiger partial charge in [0.25, 0.3) is 0 Å². The zero-order valence-electron chi connectivity index (χ0n) is 13.1. The van der Waals surface area contributed by atoms with E-state index in [2.05, 4.69) is 5.32 Å². The van der Waals surface area contributed by atoms with Crippen LogP contribution in [-0.2, 0) is 13.0 Å². The van der Waals surface area contributed by atoms with Crippen LogP contribution in [0.3, 0.4) is 0 Å². The van der Waals surface area contributed by atoms with Crippen LogP contribution in [0, 0.1) is 5.82 Å². The van der Waals surface area contributed by atoms with Crippen LogP contribution in [0.1, 0.15) is 11.1 Å². The Morgan fingerprint density at radius 2 is 1.74 bits per heavy atom. The molecule has 0 radical (unpaired) electrons. The molecule has 0 spiro atoms. The van der Waals surface area contributed by atoms with Gasteiger partial charge in [-0.2, -0.15) is 0 Å². The Morgan fingerprint density at radius 3 is 2.39 bits per heavy atom. The molecule has 2 aromatic carbocycles. The molecule has 2 aromatic rings. The average Bonchev–Trinajstić information content (AvgIpc) is 2.53. The molecule has 6 heteroatoms. The molecule has 0 unspecified atom stereocenters. The topological polar surface area (TPSA) is 30.5 Å². The van der Waals surface area contributed by atoms with Crippen molar-refractivity contribution in [2.24, 2.45) is 0 Å². The Morgan fingerprint density at radius 1 is 1.04 bits per heavy atom. The molecule has 0 saturated heterocycles. The van der Waals surface area contributed by atoms with Crippen LogP contribution >= 0.6 is 24.0 Å². The molecule has 0 fully saturated rings. The minimum Gasteiger partial charge on any atom is -0.496 e. The summed E-state index contributed by atoms with van der Waals surface area (Å²) < 4.78 is 24.1. The van der Waals surface area contributed by atoms with Crippen molar-refractivity contribution in [3.63, 3.8) is 0 Å². The first kappa shape index (κ1) is 19.6. The maximum atomic E-state index is 13.5. The highest BCUT2D eigenvalue weighted by Crippen LogP contribution is 2.32. The molecule has 1 N–H and O–H groups in total. The smallest absolute Gasteiger partial charge is 0.137 e. The van der Waals surface area contributed by atoms with E-state index in [1.807, 2.05) is 12.1 Å². The number of hydrogen-bond acceptors (Lipinski definition) is 3. The van der Waals surface area contributed by atoms with Gasteiger partial charge in [-0.25, -0.2) is 4.39 Å². The van der Waals surface area contributed by atoms with Crippen molar-refractivity contribution in [1.82, 2.24) is 5.32 Å². The van der Waals surface area contributed by atoms with Crippen molar-refractivity contribution in [2.45, 2.75) is 13.0 Å². The summed E-state index contributed by atoms with van der Waals surface area (Å²) in [6, 6.07) is 10.4. The Labute approximate surface area is 147 Å². The zero-order valence-corrected chi connectivity index (χ0v) is 14.6. The third-order valence-electron chi connectivity index (χ3n) is 3.40. The van der Waals surface area contributed by atoms with E-state index >= 15 is 0 Å². The van der Waals surface area contributed by atoms with Crippen LogP contribution in [0.5, 0.6) is 11.5 Å². The fraction of sp³-hybridized carbons (Fsp3) is 0.294. The molecule has 0 saturated carbocycles. The maximum Gasteiger partial charge on any atom is 0.137 e. The van der Waals surface area contributed by atoms with Crippen LogP contribution < -0.4 is 14.8 Å². The molecule has 0 bridgehead atoms. The summed E-state index contributed by atoms with van der Waals surface area (Å²) in [5.74, 6) is 1.14. The van der Waals surface area contributed by atoms with Crippen molar-refractivity contribution >= 4 is 24.0 Å². The molecule has 0 aliphatic rings. The molecule has 23 heavy (non-hydrogen) atoms. The van der Waals surface area contributed by atoms with Gasteiger partial charge in [-0.1, -0.05) is 29.8 Å². The van der Waals surface area contributed by atoms with Crippen LogP contribution in [-0.4, -0.2) is 20.8 Å². The molecule has 0 aliphatic heterocycles. The standard InChI is InChI=1S/C17H19ClFNO2.ClH/c1-21-16-10-14(18)17(22-2)9-12(16)7-8-20-11-13-5-3-4-6-15(13)19;/h3-6,9-10,20H,7-8,11H2,1-2H3;1H. The number of halogens is 3. The number of benzene rings is 2. The highest BCUT2D eigenvalue weighted by molar-refractivity contribution is 6.32. The first-order valence-electron chi connectivity index (χ1n) is 7.00. The van der Waals surface area contributed by atoms with Gasteiger partial charge in [-0.15, -0.1) is 12.4 Å². The predicted octanol–water partition coefficient (Wildman–Crippen LogP) is 4.25. The number of nitrogens with one attached hydrogen (secondary N) is 1. The van der Waals surface area contributed by atoms with E-state index in [0.29, 0.717) is 29.4 Å². The van der Waals surface area contributed by atoms with Gasteiger partial charge in [0, 0.05) is 18.2 Å². The third kappa shape index (κ3) is 5.27. The van der Waals surface area contributed by atoms with E-state index in [-0.39, 0.29) is 18.2 Å². The number of methoxy groups -OCH3 is 2. The minimum atomic E-state index is -0.194. The van der Waals surface area contributed by atoms with Crippen molar-refractivity contribution in [2.75, 3.05) is 20.8 Å². The van der Waals surface area contributed by atoms with Gasteiger partial charge < -0.3 is 14.8 Å². The zero-order chi connectivity index (χ0) is 15.9. The monoisotopic (exact) mass is 359 g/mol. The normalized spacial score (nSPS) is 10.1. The maximum absolute atomic E-state index is 13.5. The summed E-state index contributed by atoms with van der Waals surface area (Å²) in [5.41, 5.74) is 1.65. The molecule has 3 nitrogen and oxygen atoms in total. The van der Waals surface area contributed by atoms with E-state index in [1.54, 1.807) is 32.4 Å². The minimum absolute atomic E-state index is 0. The summed E-state index contributed by atoms with van der Waals surface area (Å²) in [4.78, 5) is 0. The molecule has 0 aliphatic carbocycles. The summed E-state index contributed by atoms with van der Waals surface area (Å²) in [6.45, 7) is 1.18. The molecule has 0 aromatic heterocycles. The quantitative estimate of drug-likeness (QED) is 0.749. The highest BCUT2D eigenvalue weighted by Gasteiger charge is 2.09. The molecule has 0 heterocycles. The van der Waals surface area contributed by atoms with Crippen LogP contribution in [0.15, 0.2) is 36.4 Å². The van der Waals surface area contributed by atoms with Crippen LogP contribution in [0.25, 0.3) is 0 Å². The van der Waals surface area contributed by atoms with Gasteiger partial charge in [-0.05, 0) is 30.7 Å². The van der Waals surface area contributed by atoms with E-state index in [4.69, 9.17) is 21.1 Å². The lowest BCUT2D eigenvalue weighted by molar-refractivity contribution is 0.398. The van der Waals surface area contributed by atoms with E-state index in [0.717, 1.165) is 17.7 Å². The van der Waals surface area contributed by atoms with Crippen LogP contribution in [0.4, 0.5) is 4.39 Å². The van der Waals surface area contributed by atoms with Crippen molar-refractivity contribution in [3.05, 3.63) is 58.4 Å². The summed E-state index contributed by atoms with van der Waals surface area (Å²) in [6.07, 6.45) is 0.727. The summed E-state index contributed by atoms with van der Waals surface area (Å²) >= 11 is 6.08. The first-order valence-corrected chi connectivity index (χ1v) is 7.38. The number of rotatable bonds is 7. The molecule has 2 rings (SSSR count). The second-order valence-corrected chi connectivity index (χ2v) is 5.22. The third-order valence-corrected chi connectivity index (χ3v) is 3.69. The molecular weight excluding hydrogens is 340 g/mol. The van der Waals surface area contributed by atoms with E-state index < -0.39 is 0 Å². The predicted molar refractivity (Wildman–Crippen MR) is 93.6 cm³/mol. The first-order chi connectivity index (χ1) is 10.7. The Hall–Kier alpha value is -1.49. The second kappa shape index (κ2) is 9.60. The largest absolute Gasteiger partial charge is 0.496 e. The lowest BCUT2D eigenvalue weighted by Crippen LogP contribution is -2.17. The van der Waals surface area contributed by atoms with Gasteiger partial charge in [0.15, 0.2) is 0 Å². The Kier molecular flexibility index (Phi) is 8.17. The van der Waals surface area contributed by atoms with Gasteiger partial charge >= 0.3 is 0 Å². The number of ether oxygens (including phenoxy) is 2. The van der Waals surface area contributed by atoms with Gasteiger partial charge in [0.1, 0.15) is 17.3 Å². The highest BCUT2D eigenvalue weighted by atomic mass is 35.5. The lowest BCUT2D eigenvalue weighted by atomic mass is 10.1. The SMILES string of the molecule is COc1cc(CCNCc2ccccc2F)c(OC)cc1Cl.Cl.